The lowest BCUT2D eigenvalue weighted by Gasteiger charge is -2.16. The maximum Gasteiger partial charge on any atom is 0.0805 e. The summed E-state index contributed by atoms with van der Waals surface area (Å²) in [6.45, 7) is 4.16. The zero-order valence-corrected chi connectivity index (χ0v) is 10.6. The van der Waals surface area contributed by atoms with Crippen molar-refractivity contribution < 1.29 is 0 Å². The van der Waals surface area contributed by atoms with Gasteiger partial charge in [0.25, 0.3) is 0 Å². The Balaban J connectivity index is 1.89. The summed E-state index contributed by atoms with van der Waals surface area (Å²) in [6, 6.07) is 8.84. The molecular weight excluding hydrogens is 230 g/mol. The van der Waals surface area contributed by atoms with Gasteiger partial charge in [-0.2, -0.15) is 0 Å². The molecule has 1 aromatic carbocycles. The smallest absolute Gasteiger partial charge is 0.0805 e. The van der Waals surface area contributed by atoms with Gasteiger partial charge in [0.05, 0.1) is 5.69 Å². The van der Waals surface area contributed by atoms with Crippen LogP contribution in [0.2, 0.25) is 0 Å². The second-order valence-corrected chi connectivity index (χ2v) is 5.22. The minimum atomic E-state index is 0.469. The minimum Gasteiger partial charge on any atom is -0.315 e. The predicted molar refractivity (Wildman–Crippen MR) is 69.4 cm³/mol. The lowest BCUT2D eigenvalue weighted by Crippen LogP contribution is -2.09. The standard InChI is InChI=1S/C13H15N3S/c1-9-2-4-10(5-3-9)11-6-14-7-12(11)13-8-17-16-15-13/h2-5,8,11-12,14H,6-7H2,1H3/t11-,12+/m0/s1. The Morgan fingerprint density at radius 3 is 2.65 bits per heavy atom. The molecular formula is C13H15N3S. The number of aryl methyl sites for hydroxylation is 1. The van der Waals surface area contributed by atoms with Gasteiger partial charge in [0, 0.05) is 30.3 Å². The summed E-state index contributed by atoms with van der Waals surface area (Å²) < 4.78 is 3.97. The van der Waals surface area contributed by atoms with E-state index in [1.807, 2.05) is 0 Å². The molecule has 1 N–H and O–H groups in total. The SMILES string of the molecule is Cc1ccc([C@@H]2CNC[C@H]2c2csnn2)cc1. The Bertz CT molecular complexity index is 478. The summed E-state index contributed by atoms with van der Waals surface area (Å²) in [5.74, 6) is 0.996. The molecule has 0 bridgehead atoms. The highest BCUT2D eigenvalue weighted by atomic mass is 32.1. The summed E-state index contributed by atoms with van der Waals surface area (Å²) in [6.07, 6.45) is 0. The van der Waals surface area contributed by atoms with Crippen molar-refractivity contribution in [1.82, 2.24) is 14.9 Å². The normalized spacial score (nSPS) is 24.1. The van der Waals surface area contributed by atoms with Crippen molar-refractivity contribution in [3.05, 3.63) is 46.5 Å². The molecule has 17 heavy (non-hydrogen) atoms. The van der Waals surface area contributed by atoms with Gasteiger partial charge in [-0.3, -0.25) is 0 Å². The Labute approximate surface area is 105 Å². The van der Waals surface area contributed by atoms with Gasteiger partial charge in [0.2, 0.25) is 0 Å². The Morgan fingerprint density at radius 1 is 1.18 bits per heavy atom. The number of hydrogen-bond donors (Lipinski definition) is 1. The van der Waals surface area contributed by atoms with Crippen LogP contribution in [0.3, 0.4) is 0 Å². The van der Waals surface area contributed by atoms with E-state index in [0.29, 0.717) is 11.8 Å². The molecule has 3 rings (SSSR count). The summed E-state index contributed by atoms with van der Waals surface area (Å²) in [5, 5.41) is 9.75. The second kappa shape index (κ2) is 4.55. The molecule has 2 atom stereocenters. The second-order valence-electron chi connectivity index (χ2n) is 4.61. The van der Waals surface area contributed by atoms with E-state index in [1.54, 1.807) is 0 Å². The molecule has 2 heterocycles. The molecule has 0 radical (unpaired) electrons. The van der Waals surface area contributed by atoms with Crippen LogP contribution in [0.15, 0.2) is 29.6 Å². The lowest BCUT2D eigenvalue weighted by atomic mass is 9.87. The number of hydrogen-bond acceptors (Lipinski definition) is 4. The van der Waals surface area contributed by atoms with E-state index >= 15 is 0 Å². The van der Waals surface area contributed by atoms with Crippen molar-refractivity contribution in [1.29, 1.82) is 0 Å². The van der Waals surface area contributed by atoms with E-state index in [9.17, 15) is 0 Å². The van der Waals surface area contributed by atoms with Crippen LogP contribution in [0, 0.1) is 6.92 Å². The third-order valence-electron chi connectivity index (χ3n) is 3.48. The molecule has 0 amide bonds. The monoisotopic (exact) mass is 245 g/mol. The van der Waals surface area contributed by atoms with Crippen LogP contribution in [0.25, 0.3) is 0 Å². The predicted octanol–water partition coefficient (Wildman–Crippen LogP) is 2.32. The number of aromatic nitrogens is 2. The van der Waals surface area contributed by atoms with E-state index in [2.05, 4.69) is 51.5 Å². The molecule has 0 unspecified atom stereocenters. The highest BCUT2D eigenvalue weighted by Gasteiger charge is 2.31. The molecule has 0 aliphatic carbocycles. The molecule has 1 aliphatic heterocycles. The fourth-order valence-electron chi connectivity index (χ4n) is 2.49. The van der Waals surface area contributed by atoms with E-state index < -0.39 is 0 Å². The topological polar surface area (TPSA) is 37.8 Å². The Morgan fingerprint density at radius 2 is 1.94 bits per heavy atom. The first-order chi connectivity index (χ1) is 8.34. The third kappa shape index (κ3) is 2.10. The molecule has 2 aromatic rings. The van der Waals surface area contributed by atoms with Gasteiger partial charge in [0.1, 0.15) is 0 Å². The number of nitrogens with one attached hydrogen (secondary N) is 1. The van der Waals surface area contributed by atoms with Gasteiger partial charge < -0.3 is 5.32 Å². The van der Waals surface area contributed by atoms with Gasteiger partial charge in [-0.25, -0.2) is 0 Å². The molecule has 0 spiro atoms. The highest BCUT2D eigenvalue weighted by molar-refractivity contribution is 7.03. The number of nitrogens with zero attached hydrogens (tertiary/aromatic N) is 2. The van der Waals surface area contributed by atoms with Crippen LogP contribution < -0.4 is 5.32 Å². The van der Waals surface area contributed by atoms with Crippen molar-refractivity contribution in [3.63, 3.8) is 0 Å². The summed E-state index contributed by atoms with van der Waals surface area (Å²) in [7, 11) is 0. The third-order valence-corrected chi connectivity index (χ3v) is 4.00. The Kier molecular flexibility index (Phi) is 2.91. The lowest BCUT2D eigenvalue weighted by molar-refractivity contribution is 0.645. The summed E-state index contributed by atoms with van der Waals surface area (Å²) in [4.78, 5) is 0. The fourth-order valence-corrected chi connectivity index (χ4v) is 3.01. The van der Waals surface area contributed by atoms with Crippen LogP contribution >= 0.6 is 11.5 Å². The average molecular weight is 245 g/mol. The molecule has 0 saturated carbocycles. The molecule has 1 aromatic heterocycles. The summed E-state index contributed by atoms with van der Waals surface area (Å²) in [5.41, 5.74) is 3.84. The van der Waals surface area contributed by atoms with Gasteiger partial charge in [-0.05, 0) is 24.0 Å². The number of benzene rings is 1. The Hall–Kier alpha value is -1.26. The maximum absolute atomic E-state index is 4.22. The van der Waals surface area contributed by atoms with Crippen LogP contribution in [0.5, 0.6) is 0 Å². The first-order valence-corrected chi connectivity index (χ1v) is 6.72. The minimum absolute atomic E-state index is 0.469. The van der Waals surface area contributed by atoms with Gasteiger partial charge in [-0.1, -0.05) is 34.3 Å². The number of rotatable bonds is 2. The largest absolute Gasteiger partial charge is 0.315 e. The van der Waals surface area contributed by atoms with Crippen molar-refractivity contribution in [3.8, 4) is 0 Å². The van der Waals surface area contributed by atoms with Crippen molar-refractivity contribution in [2.24, 2.45) is 0 Å². The highest BCUT2D eigenvalue weighted by Crippen LogP contribution is 2.35. The van der Waals surface area contributed by atoms with Crippen molar-refractivity contribution in [2.75, 3.05) is 13.1 Å². The van der Waals surface area contributed by atoms with E-state index in [4.69, 9.17) is 0 Å². The van der Waals surface area contributed by atoms with Crippen LogP contribution in [-0.2, 0) is 0 Å². The molecule has 1 fully saturated rings. The van der Waals surface area contributed by atoms with Gasteiger partial charge in [0.15, 0.2) is 0 Å². The molecule has 3 nitrogen and oxygen atoms in total. The quantitative estimate of drug-likeness (QED) is 0.882. The zero-order chi connectivity index (χ0) is 11.7. The zero-order valence-electron chi connectivity index (χ0n) is 9.76. The first-order valence-electron chi connectivity index (χ1n) is 5.89. The average Bonchev–Trinajstić information content (AvgIpc) is 3.00. The maximum atomic E-state index is 4.22. The van der Waals surface area contributed by atoms with Gasteiger partial charge in [-0.15, -0.1) is 5.10 Å². The molecule has 4 heteroatoms. The van der Waals surface area contributed by atoms with Crippen LogP contribution in [0.4, 0.5) is 0 Å². The van der Waals surface area contributed by atoms with Crippen molar-refractivity contribution >= 4 is 11.5 Å². The first kappa shape index (κ1) is 10.9. The van der Waals surface area contributed by atoms with Gasteiger partial charge >= 0.3 is 0 Å². The molecule has 1 aliphatic rings. The van der Waals surface area contributed by atoms with E-state index in [0.717, 1.165) is 18.8 Å². The van der Waals surface area contributed by atoms with E-state index in [-0.39, 0.29) is 0 Å². The van der Waals surface area contributed by atoms with Crippen LogP contribution in [-0.4, -0.2) is 22.7 Å². The van der Waals surface area contributed by atoms with Crippen LogP contribution in [0.1, 0.15) is 28.7 Å². The van der Waals surface area contributed by atoms with Crippen molar-refractivity contribution in [2.45, 2.75) is 18.8 Å². The molecule has 1 saturated heterocycles. The fraction of sp³-hybridized carbons (Fsp3) is 0.385. The summed E-state index contributed by atoms with van der Waals surface area (Å²) >= 11 is 1.44. The van der Waals surface area contributed by atoms with E-state index in [1.165, 1.54) is 22.7 Å². The molecule has 88 valence electrons.